The van der Waals surface area contributed by atoms with Gasteiger partial charge in [-0.1, -0.05) is 0 Å². The summed E-state index contributed by atoms with van der Waals surface area (Å²) in [5.74, 6) is 1.25. The molecule has 0 aromatic heterocycles. The molecule has 212 valence electrons. The van der Waals surface area contributed by atoms with E-state index < -0.39 is 11.9 Å². The largest absolute Gasteiger partial charge is 0.493 e. The minimum Gasteiger partial charge on any atom is -0.493 e. The van der Waals surface area contributed by atoms with Crippen LogP contribution in [0.1, 0.15) is 26.3 Å². The Morgan fingerprint density at radius 2 is 1.07 bits per heavy atom. The fraction of sp³-hybridized carbons (Fsp3) is 0.250. The molecule has 3 aromatic rings. The molecule has 1 N–H and O–H groups in total. The number of amides is 1. The van der Waals surface area contributed by atoms with Gasteiger partial charge in [-0.25, -0.2) is 10.2 Å². The lowest BCUT2D eigenvalue weighted by molar-refractivity contribution is 0.0728. The zero-order valence-electron chi connectivity index (χ0n) is 23.1. The quantitative estimate of drug-likeness (QED) is 0.153. The zero-order chi connectivity index (χ0) is 29.2. The highest BCUT2D eigenvalue weighted by atomic mass is 16.6. The lowest BCUT2D eigenvalue weighted by atomic mass is 10.1. The number of hydrogen-bond donors (Lipinski definition) is 1. The molecule has 3 aromatic carbocycles. The van der Waals surface area contributed by atoms with Crippen LogP contribution in [-0.4, -0.2) is 67.9 Å². The fourth-order valence-corrected chi connectivity index (χ4v) is 3.65. The maximum atomic E-state index is 12.9. The first kappa shape index (κ1) is 29.4. The van der Waals surface area contributed by atoms with Gasteiger partial charge in [0.05, 0.1) is 61.5 Å². The molecule has 0 aliphatic heterocycles. The molecular formula is C28H30N2O10. The number of methoxy groups -OCH3 is 7. The Morgan fingerprint density at radius 1 is 0.600 bits per heavy atom. The van der Waals surface area contributed by atoms with Crippen molar-refractivity contribution in [1.29, 1.82) is 0 Å². The third-order valence-corrected chi connectivity index (χ3v) is 5.60. The van der Waals surface area contributed by atoms with Gasteiger partial charge in [0.1, 0.15) is 0 Å². The fourth-order valence-electron chi connectivity index (χ4n) is 3.65. The zero-order valence-corrected chi connectivity index (χ0v) is 23.1. The first-order valence-electron chi connectivity index (χ1n) is 11.7. The van der Waals surface area contributed by atoms with Crippen molar-refractivity contribution in [3.63, 3.8) is 0 Å². The molecule has 40 heavy (non-hydrogen) atoms. The van der Waals surface area contributed by atoms with E-state index in [9.17, 15) is 9.59 Å². The number of carbonyl (C=O) groups is 2. The van der Waals surface area contributed by atoms with E-state index in [4.69, 9.17) is 37.9 Å². The second-order valence-electron chi connectivity index (χ2n) is 7.83. The monoisotopic (exact) mass is 554 g/mol. The van der Waals surface area contributed by atoms with Crippen LogP contribution >= 0.6 is 0 Å². The highest BCUT2D eigenvalue weighted by molar-refractivity contribution is 5.96. The number of nitrogens with one attached hydrogen (secondary N) is 1. The summed E-state index contributed by atoms with van der Waals surface area (Å²) >= 11 is 0. The van der Waals surface area contributed by atoms with Crippen LogP contribution in [0.2, 0.25) is 0 Å². The van der Waals surface area contributed by atoms with Crippen LogP contribution in [0.4, 0.5) is 0 Å². The van der Waals surface area contributed by atoms with Gasteiger partial charge in [-0.2, -0.15) is 5.10 Å². The minimum absolute atomic E-state index is 0.167. The maximum Gasteiger partial charge on any atom is 0.343 e. The van der Waals surface area contributed by atoms with Gasteiger partial charge >= 0.3 is 5.97 Å². The molecule has 0 fully saturated rings. The van der Waals surface area contributed by atoms with Gasteiger partial charge in [-0.05, 0) is 48.0 Å². The normalized spacial score (nSPS) is 10.5. The molecule has 0 aliphatic carbocycles. The molecule has 0 spiro atoms. The van der Waals surface area contributed by atoms with Gasteiger partial charge in [0.2, 0.25) is 11.5 Å². The molecule has 0 saturated carbocycles. The van der Waals surface area contributed by atoms with E-state index in [-0.39, 0.29) is 22.6 Å². The van der Waals surface area contributed by atoms with Gasteiger partial charge < -0.3 is 37.9 Å². The number of carbonyl (C=O) groups excluding carboxylic acids is 2. The number of nitrogens with zero attached hydrogens (tertiary/aromatic N) is 1. The Kier molecular flexibility index (Phi) is 10.0. The standard InChI is InChI=1S/C28H30N2O10/c1-33-20-10-16(15-29-30-27(31)17-11-21(34-2)25(38-6)22(12-17)35-3)8-9-19(20)40-28(32)18-13-23(36-4)26(39-7)24(14-18)37-5/h8-15H,1-7H3,(H,30,31)/b29-15+. The topological polar surface area (TPSA) is 132 Å². The van der Waals surface area contributed by atoms with Crippen LogP contribution in [-0.2, 0) is 0 Å². The molecule has 3 rings (SSSR count). The van der Waals surface area contributed by atoms with Gasteiger partial charge in [0, 0.05) is 5.56 Å². The van der Waals surface area contributed by atoms with E-state index >= 15 is 0 Å². The summed E-state index contributed by atoms with van der Waals surface area (Å²) < 4.78 is 42.6. The smallest absolute Gasteiger partial charge is 0.343 e. The summed E-state index contributed by atoms with van der Waals surface area (Å²) in [7, 11) is 10.2. The number of esters is 1. The van der Waals surface area contributed by atoms with Crippen LogP contribution in [0.15, 0.2) is 47.6 Å². The summed E-state index contributed by atoms with van der Waals surface area (Å²) in [6.45, 7) is 0. The first-order valence-corrected chi connectivity index (χ1v) is 11.7. The summed E-state index contributed by atoms with van der Waals surface area (Å²) in [6.07, 6.45) is 1.41. The van der Waals surface area contributed by atoms with Crippen molar-refractivity contribution in [1.82, 2.24) is 5.43 Å². The average Bonchev–Trinajstić information content (AvgIpc) is 2.99. The number of hydrazone groups is 1. The van der Waals surface area contributed by atoms with Crippen molar-refractivity contribution in [2.24, 2.45) is 5.10 Å². The SMILES string of the molecule is COc1cc(/C=N/NC(=O)c2cc(OC)c(OC)c(OC)c2)ccc1OC(=O)c1cc(OC)c(OC)c(OC)c1. The molecule has 1 amide bonds. The van der Waals surface area contributed by atoms with Crippen LogP contribution in [0, 0.1) is 0 Å². The van der Waals surface area contributed by atoms with Crippen LogP contribution < -0.4 is 43.3 Å². The van der Waals surface area contributed by atoms with Gasteiger partial charge in [0.15, 0.2) is 34.5 Å². The van der Waals surface area contributed by atoms with E-state index in [0.717, 1.165) is 0 Å². The van der Waals surface area contributed by atoms with Gasteiger partial charge in [-0.3, -0.25) is 4.79 Å². The lowest BCUT2D eigenvalue weighted by Gasteiger charge is -2.14. The summed E-state index contributed by atoms with van der Waals surface area (Å²) in [4.78, 5) is 25.5. The van der Waals surface area contributed by atoms with Crippen molar-refractivity contribution in [2.75, 3.05) is 49.8 Å². The van der Waals surface area contributed by atoms with Crippen LogP contribution in [0.25, 0.3) is 0 Å². The Labute approximate surface area is 231 Å². The third kappa shape index (κ3) is 6.46. The summed E-state index contributed by atoms with van der Waals surface area (Å²) in [6, 6.07) is 10.7. The Morgan fingerprint density at radius 3 is 1.52 bits per heavy atom. The lowest BCUT2D eigenvalue weighted by Crippen LogP contribution is -2.18. The highest BCUT2D eigenvalue weighted by Crippen LogP contribution is 2.39. The number of ether oxygens (including phenoxy) is 8. The van der Waals surface area contributed by atoms with Crippen molar-refractivity contribution in [3.8, 4) is 46.0 Å². The van der Waals surface area contributed by atoms with Crippen molar-refractivity contribution >= 4 is 18.1 Å². The van der Waals surface area contributed by atoms with Gasteiger partial charge in [-0.15, -0.1) is 0 Å². The highest BCUT2D eigenvalue weighted by Gasteiger charge is 2.20. The third-order valence-electron chi connectivity index (χ3n) is 5.60. The molecule has 0 saturated heterocycles. The Balaban J connectivity index is 1.76. The minimum atomic E-state index is -0.670. The van der Waals surface area contributed by atoms with E-state index in [1.165, 1.54) is 86.3 Å². The second kappa shape index (κ2) is 13.6. The average molecular weight is 555 g/mol. The van der Waals surface area contributed by atoms with E-state index in [1.807, 2.05) is 0 Å². The van der Waals surface area contributed by atoms with E-state index in [0.29, 0.717) is 40.1 Å². The van der Waals surface area contributed by atoms with Crippen molar-refractivity contribution in [3.05, 3.63) is 59.2 Å². The second-order valence-corrected chi connectivity index (χ2v) is 7.83. The van der Waals surface area contributed by atoms with Crippen LogP contribution in [0.5, 0.6) is 46.0 Å². The van der Waals surface area contributed by atoms with Crippen molar-refractivity contribution < 1.29 is 47.5 Å². The summed E-state index contributed by atoms with van der Waals surface area (Å²) in [5, 5.41) is 4.00. The molecule has 12 heteroatoms. The Bertz CT molecular complexity index is 1350. The number of hydrogen-bond acceptors (Lipinski definition) is 11. The number of benzene rings is 3. The first-order chi connectivity index (χ1) is 19.3. The Hall–Kier alpha value is -5.13. The number of rotatable bonds is 12. The molecular weight excluding hydrogens is 524 g/mol. The molecule has 0 bridgehead atoms. The molecule has 0 heterocycles. The van der Waals surface area contributed by atoms with E-state index in [1.54, 1.807) is 12.1 Å². The van der Waals surface area contributed by atoms with Crippen LogP contribution in [0.3, 0.4) is 0 Å². The molecule has 0 radical (unpaired) electrons. The predicted octanol–water partition coefficient (Wildman–Crippen LogP) is 3.73. The molecule has 0 atom stereocenters. The van der Waals surface area contributed by atoms with Gasteiger partial charge in [0.25, 0.3) is 5.91 Å². The van der Waals surface area contributed by atoms with Crippen molar-refractivity contribution in [2.45, 2.75) is 0 Å². The molecule has 0 unspecified atom stereocenters. The molecule has 0 aliphatic rings. The molecule has 12 nitrogen and oxygen atoms in total. The maximum absolute atomic E-state index is 12.9. The van der Waals surface area contributed by atoms with E-state index in [2.05, 4.69) is 10.5 Å². The summed E-state index contributed by atoms with van der Waals surface area (Å²) in [5.41, 5.74) is 3.43. The predicted molar refractivity (Wildman–Crippen MR) is 145 cm³/mol.